The molecule has 9 heteroatoms. The highest BCUT2D eigenvalue weighted by molar-refractivity contribution is 7.89. The molecule has 2 rings (SSSR count). The molecule has 0 aliphatic heterocycles. The van der Waals surface area contributed by atoms with Crippen LogP contribution in [0.5, 0.6) is 0 Å². The van der Waals surface area contributed by atoms with Crippen LogP contribution in [0.25, 0.3) is 0 Å². The van der Waals surface area contributed by atoms with Gasteiger partial charge in [0.05, 0.1) is 15.6 Å². The number of sulfonamides is 1. The molecule has 0 saturated carbocycles. The van der Waals surface area contributed by atoms with Crippen molar-refractivity contribution in [3.8, 4) is 0 Å². The first-order chi connectivity index (χ1) is 13.0. The molecule has 0 aliphatic rings. The van der Waals surface area contributed by atoms with Crippen LogP contribution in [-0.2, 0) is 14.8 Å². The van der Waals surface area contributed by atoms with Crippen LogP contribution in [0.15, 0.2) is 47.4 Å². The summed E-state index contributed by atoms with van der Waals surface area (Å²) in [6, 6.07) is 10.2. The number of carbonyl (C=O) groups is 2. The van der Waals surface area contributed by atoms with Gasteiger partial charge < -0.3 is 10.6 Å². The van der Waals surface area contributed by atoms with Crippen LogP contribution in [0, 0.1) is 0 Å². The summed E-state index contributed by atoms with van der Waals surface area (Å²) in [7, 11) is -2.11. The maximum absolute atomic E-state index is 12.5. The maximum Gasteiger partial charge on any atom is 0.255 e. The third kappa shape index (κ3) is 5.09. The highest BCUT2D eigenvalue weighted by atomic mass is 35.5. The van der Waals surface area contributed by atoms with Gasteiger partial charge in [-0.2, -0.15) is 4.31 Å². The molecule has 0 spiro atoms. The van der Waals surface area contributed by atoms with Gasteiger partial charge in [-0.1, -0.05) is 11.6 Å². The van der Waals surface area contributed by atoms with E-state index in [1.807, 2.05) is 0 Å². The van der Waals surface area contributed by atoms with E-state index in [0.29, 0.717) is 11.4 Å². The summed E-state index contributed by atoms with van der Waals surface area (Å²) in [5, 5.41) is 5.52. The Balaban J connectivity index is 2.17. The van der Waals surface area contributed by atoms with Gasteiger partial charge in [0.15, 0.2) is 0 Å². The number of rotatable bonds is 6. The van der Waals surface area contributed by atoms with Gasteiger partial charge in [-0.05, 0) is 56.3 Å². The Labute approximate surface area is 169 Å². The fraction of sp³-hybridized carbons (Fsp3) is 0.263. The van der Waals surface area contributed by atoms with E-state index in [1.54, 1.807) is 26.0 Å². The third-order valence-electron chi connectivity index (χ3n) is 4.06. The van der Waals surface area contributed by atoms with Crippen LogP contribution in [0.3, 0.4) is 0 Å². The molecule has 2 aromatic carbocycles. The minimum absolute atomic E-state index is 0.109. The molecule has 0 bridgehead atoms. The fourth-order valence-electron chi connectivity index (χ4n) is 2.31. The predicted octanol–water partition coefficient (Wildman–Crippen LogP) is 3.58. The van der Waals surface area contributed by atoms with Gasteiger partial charge in [0, 0.05) is 31.3 Å². The second kappa shape index (κ2) is 8.72. The molecule has 0 saturated heterocycles. The standard InChI is InChI=1S/C19H22ClN3O4S/c1-12(2)23(4)28(26,27)16-8-5-14(6-9-16)19(25)22-18-10-7-15(11-17(18)20)21-13(3)24/h5-12H,1-4H3,(H,21,24)(H,22,25). The Hall–Kier alpha value is -2.42. The average Bonchev–Trinajstić information content (AvgIpc) is 2.62. The minimum Gasteiger partial charge on any atom is -0.326 e. The van der Waals surface area contributed by atoms with Gasteiger partial charge >= 0.3 is 0 Å². The van der Waals surface area contributed by atoms with E-state index in [-0.39, 0.29) is 27.4 Å². The topological polar surface area (TPSA) is 95.6 Å². The maximum atomic E-state index is 12.5. The molecule has 2 aromatic rings. The van der Waals surface area contributed by atoms with E-state index in [1.165, 1.54) is 48.6 Å². The van der Waals surface area contributed by atoms with Crippen molar-refractivity contribution in [3.63, 3.8) is 0 Å². The SMILES string of the molecule is CC(=O)Nc1ccc(NC(=O)c2ccc(S(=O)(=O)N(C)C(C)C)cc2)c(Cl)c1. The molecule has 0 unspecified atom stereocenters. The number of carbonyl (C=O) groups excluding carboxylic acids is 2. The second-order valence-electron chi connectivity index (χ2n) is 6.47. The van der Waals surface area contributed by atoms with E-state index < -0.39 is 15.9 Å². The number of hydrogen-bond donors (Lipinski definition) is 2. The van der Waals surface area contributed by atoms with Crippen molar-refractivity contribution in [1.82, 2.24) is 4.31 Å². The molecule has 0 aromatic heterocycles. The van der Waals surface area contributed by atoms with Crippen LogP contribution < -0.4 is 10.6 Å². The Bertz CT molecular complexity index is 989. The lowest BCUT2D eigenvalue weighted by Gasteiger charge is -2.21. The molecule has 150 valence electrons. The summed E-state index contributed by atoms with van der Waals surface area (Å²) in [6.45, 7) is 4.94. The Morgan fingerprint density at radius 1 is 1.04 bits per heavy atom. The van der Waals surface area contributed by atoms with Gasteiger partial charge in [0.1, 0.15) is 0 Å². The van der Waals surface area contributed by atoms with E-state index in [0.717, 1.165) is 0 Å². The van der Waals surface area contributed by atoms with Crippen LogP contribution in [0.2, 0.25) is 5.02 Å². The zero-order valence-electron chi connectivity index (χ0n) is 16.0. The van der Waals surface area contributed by atoms with Crippen LogP contribution in [-0.4, -0.2) is 37.6 Å². The van der Waals surface area contributed by atoms with E-state index in [4.69, 9.17) is 11.6 Å². The highest BCUT2D eigenvalue weighted by Gasteiger charge is 2.23. The molecule has 2 N–H and O–H groups in total. The molecule has 0 aliphatic carbocycles. The first kappa shape index (κ1) is 21.9. The third-order valence-corrected chi connectivity index (χ3v) is 6.42. The number of benzene rings is 2. The number of amides is 2. The number of halogens is 1. The van der Waals surface area contributed by atoms with Crippen molar-refractivity contribution < 1.29 is 18.0 Å². The number of anilines is 2. The van der Waals surface area contributed by atoms with Crippen LogP contribution in [0.4, 0.5) is 11.4 Å². The largest absolute Gasteiger partial charge is 0.326 e. The first-order valence-corrected chi connectivity index (χ1v) is 10.3. The summed E-state index contributed by atoms with van der Waals surface area (Å²) in [4.78, 5) is 23.6. The molecule has 0 heterocycles. The quantitative estimate of drug-likeness (QED) is 0.742. The Kier molecular flexibility index (Phi) is 6.82. The lowest BCUT2D eigenvalue weighted by atomic mass is 10.2. The Morgan fingerprint density at radius 2 is 1.64 bits per heavy atom. The summed E-state index contributed by atoms with van der Waals surface area (Å²) in [5.74, 6) is -0.665. The number of nitrogens with one attached hydrogen (secondary N) is 2. The van der Waals surface area contributed by atoms with Gasteiger partial charge in [-0.15, -0.1) is 0 Å². The van der Waals surface area contributed by atoms with Gasteiger partial charge in [0.2, 0.25) is 15.9 Å². The zero-order valence-corrected chi connectivity index (χ0v) is 17.6. The van der Waals surface area contributed by atoms with Crippen LogP contribution in [0.1, 0.15) is 31.1 Å². The van der Waals surface area contributed by atoms with Crippen molar-refractivity contribution >= 4 is 44.8 Å². The normalized spacial score (nSPS) is 11.5. The fourth-order valence-corrected chi connectivity index (χ4v) is 3.91. The van der Waals surface area contributed by atoms with Crippen molar-refractivity contribution in [3.05, 3.63) is 53.1 Å². The second-order valence-corrected chi connectivity index (χ2v) is 8.87. The molecule has 0 fully saturated rings. The van der Waals surface area contributed by atoms with E-state index in [2.05, 4.69) is 10.6 Å². The smallest absolute Gasteiger partial charge is 0.255 e. The molecular weight excluding hydrogens is 402 g/mol. The van der Waals surface area contributed by atoms with E-state index in [9.17, 15) is 18.0 Å². The van der Waals surface area contributed by atoms with E-state index >= 15 is 0 Å². The highest BCUT2D eigenvalue weighted by Crippen LogP contribution is 2.26. The van der Waals surface area contributed by atoms with Crippen LogP contribution >= 0.6 is 11.6 Å². The minimum atomic E-state index is -3.62. The summed E-state index contributed by atoms with van der Waals surface area (Å²) in [6.07, 6.45) is 0. The van der Waals surface area contributed by atoms with Crippen molar-refractivity contribution in [2.24, 2.45) is 0 Å². The molecule has 0 atom stereocenters. The average molecular weight is 424 g/mol. The van der Waals surface area contributed by atoms with Crippen molar-refractivity contribution in [2.75, 3.05) is 17.7 Å². The summed E-state index contributed by atoms with van der Waals surface area (Å²) >= 11 is 6.14. The van der Waals surface area contributed by atoms with Crippen molar-refractivity contribution in [1.29, 1.82) is 0 Å². The van der Waals surface area contributed by atoms with Gasteiger partial charge in [-0.25, -0.2) is 8.42 Å². The molecule has 2 amide bonds. The number of nitrogens with zero attached hydrogens (tertiary/aromatic N) is 1. The Morgan fingerprint density at radius 3 is 2.14 bits per heavy atom. The monoisotopic (exact) mass is 423 g/mol. The first-order valence-electron chi connectivity index (χ1n) is 8.49. The predicted molar refractivity (Wildman–Crippen MR) is 110 cm³/mol. The summed E-state index contributed by atoms with van der Waals surface area (Å²) in [5.41, 5.74) is 1.17. The van der Waals surface area contributed by atoms with Gasteiger partial charge in [0.25, 0.3) is 5.91 Å². The molecule has 0 radical (unpaired) electrons. The number of hydrogen-bond acceptors (Lipinski definition) is 4. The molecule has 7 nitrogen and oxygen atoms in total. The van der Waals surface area contributed by atoms with Crippen molar-refractivity contribution in [2.45, 2.75) is 31.7 Å². The summed E-state index contributed by atoms with van der Waals surface area (Å²) < 4.78 is 26.2. The molecule has 28 heavy (non-hydrogen) atoms. The zero-order chi connectivity index (χ0) is 21.1. The lowest BCUT2D eigenvalue weighted by Crippen LogP contribution is -2.33. The molecular formula is C19H22ClN3O4S. The van der Waals surface area contributed by atoms with Gasteiger partial charge in [-0.3, -0.25) is 9.59 Å². The lowest BCUT2D eigenvalue weighted by molar-refractivity contribution is -0.114.